The first kappa shape index (κ1) is 20.0. The van der Waals surface area contributed by atoms with E-state index in [2.05, 4.69) is 30.9 Å². The van der Waals surface area contributed by atoms with E-state index >= 15 is 0 Å². The Kier molecular flexibility index (Phi) is 6.01. The number of para-hydroxylation sites is 1. The highest BCUT2D eigenvalue weighted by molar-refractivity contribution is 5.90. The first-order chi connectivity index (χ1) is 14.7. The van der Waals surface area contributed by atoms with Gasteiger partial charge in [0.05, 0.1) is 5.69 Å². The van der Waals surface area contributed by atoms with Crippen LogP contribution in [0.5, 0.6) is 0 Å². The number of benzene rings is 1. The lowest BCUT2D eigenvalue weighted by atomic mass is 10.2. The van der Waals surface area contributed by atoms with Gasteiger partial charge in [-0.15, -0.1) is 0 Å². The first-order valence-corrected chi connectivity index (χ1v) is 10.2. The number of nitrogens with one attached hydrogen (secondary N) is 3. The fraction of sp³-hybridized carbons (Fsp3) is 0.333. The van der Waals surface area contributed by atoms with E-state index in [-0.39, 0.29) is 6.03 Å². The summed E-state index contributed by atoms with van der Waals surface area (Å²) in [5, 5.41) is 14.0. The molecule has 3 N–H and O–H groups in total. The summed E-state index contributed by atoms with van der Waals surface area (Å²) in [6.07, 6.45) is 1.80. The maximum absolute atomic E-state index is 11.9. The number of piperazine rings is 1. The van der Waals surface area contributed by atoms with E-state index in [1.54, 1.807) is 6.20 Å². The van der Waals surface area contributed by atoms with Gasteiger partial charge in [-0.25, -0.2) is 24.8 Å². The molecule has 30 heavy (non-hydrogen) atoms. The Morgan fingerprint density at radius 3 is 2.70 bits per heavy atom. The zero-order chi connectivity index (χ0) is 20.9. The summed E-state index contributed by atoms with van der Waals surface area (Å²) in [6.45, 7) is 7.86. The van der Waals surface area contributed by atoms with Crippen molar-refractivity contribution in [1.29, 1.82) is 0 Å². The van der Waals surface area contributed by atoms with E-state index in [9.17, 15) is 4.79 Å². The lowest BCUT2D eigenvalue weighted by Crippen LogP contribution is -2.51. The Bertz CT molecular complexity index is 1020. The minimum absolute atomic E-state index is 0.287. The fourth-order valence-electron chi connectivity index (χ4n) is 3.47. The largest absolute Gasteiger partial charge is 0.338 e. The van der Waals surface area contributed by atoms with Crippen LogP contribution in [0.4, 0.5) is 22.2 Å². The summed E-state index contributed by atoms with van der Waals surface area (Å²) < 4.78 is 0. The number of anilines is 3. The molecule has 0 bridgehead atoms. The molecular weight excluding hydrogens is 380 g/mol. The van der Waals surface area contributed by atoms with Crippen molar-refractivity contribution in [3.05, 3.63) is 48.2 Å². The number of carbonyl (C=O) groups is 1. The van der Waals surface area contributed by atoms with Gasteiger partial charge < -0.3 is 10.6 Å². The Morgan fingerprint density at radius 2 is 1.97 bits per heavy atom. The van der Waals surface area contributed by atoms with Gasteiger partial charge in [0.25, 0.3) is 0 Å². The van der Waals surface area contributed by atoms with Crippen LogP contribution in [0.1, 0.15) is 12.5 Å². The van der Waals surface area contributed by atoms with Crippen LogP contribution < -0.4 is 21.0 Å². The summed E-state index contributed by atoms with van der Waals surface area (Å²) in [5.74, 6) is 1.02. The number of hydrogen-bond donors (Lipinski definition) is 3. The van der Waals surface area contributed by atoms with Crippen molar-refractivity contribution in [3.8, 4) is 0 Å². The van der Waals surface area contributed by atoms with Crippen LogP contribution in [0.3, 0.4) is 0 Å². The van der Waals surface area contributed by atoms with Gasteiger partial charge in [-0.05, 0) is 37.6 Å². The smallest absolute Gasteiger partial charge is 0.320 e. The molecule has 0 saturated carbocycles. The second-order valence-electron chi connectivity index (χ2n) is 7.07. The monoisotopic (exact) mass is 406 g/mol. The van der Waals surface area contributed by atoms with Crippen molar-refractivity contribution < 1.29 is 4.79 Å². The molecule has 0 spiro atoms. The van der Waals surface area contributed by atoms with Crippen molar-refractivity contribution in [3.63, 3.8) is 0 Å². The van der Waals surface area contributed by atoms with Gasteiger partial charge in [-0.1, -0.05) is 18.2 Å². The van der Waals surface area contributed by atoms with Gasteiger partial charge in [-0.3, -0.25) is 5.32 Å². The SMILES string of the molecule is CCNC(=O)Nc1cc(C)c2cnc(N(c3ccccc3)N3CCNCC3)nc2n1. The van der Waals surface area contributed by atoms with Crippen LogP contribution in [-0.2, 0) is 0 Å². The summed E-state index contributed by atoms with van der Waals surface area (Å²) in [4.78, 5) is 25.9. The molecule has 3 heterocycles. The number of hydrazine groups is 1. The fourth-order valence-corrected chi connectivity index (χ4v) is 3.47. The van der Waals surface area contributed by atoms with E-state index in [0.29, 0.717) is 24.0 Å². The highest BCUT2D eigenvalue weighted by Crippen LogP contribution is 2.27. The molecule has 1 aromatic carbocycles. The molecule has 2 aromatic heterocycles. The molecule has 1 saturated heterocycles. The van der Waals surface area contributed by atoms with E-state index in [0.717, 1.165) is 42.8 Å². The lowest BCUT2D eigenvalue weighted by Gasteiger charge is -2.37. The van der Waals surface area contributed by atoms with E-state index < -0.39 is 0 Å². The van der Waals surface area contributed by atoms with Crippen molar-refractivity contribution in [2.75, 3.05) is 43.0 Å². The third kappa shape index (κ3) is 4.32. The molecule has 1 aliphatic heterocycles. The molecule has 3 aromatic rings. The summed E-state index contributed by atoms with van der Waals surface area (Å²) >= 11 is 0. The van der Waals surface area contributed by atoms with Crippen molar-refractivity contribution in [2.24, 2.45) is 0 Å². The number of urea groups is 1. The average molecular weight is 406 g/mol. The molecule has 1 fully saturated rings. The topological polar surface area (TPSA) is 98.3 Å². The second kappa shape index (κ2) is 9.02. The van der Waals surface area contributed by atoms with Crippen LogP contribution in [0, 0.1) is 6.92 Å². The number of carbonyl (C=O) groups excluding carboxylic acids is 1. The molecule has 0 atom stereocenters. The number of nitrogens with zero attached hydrogens (tertiary/aromatic N) is 5. The minimum Gasteiger partial charge on any atom is -0.338 e. The van der Waals surface area contributed by atoms with Crippen LogP contribution in [0.15, 0.2) is 42.6 Å². The van der Waals surface area contributed by atoms with E-state index in [4.69, 9.17) is 4.98 Å². The van der Waals surface area contributed by atoms with Crippen LogP contribution >= 0.6 is 0 Å². The molecule has 4 rings (SSSR count). The number of aromatic nitrogens is 3. The maximum atomic E-state index is 11.9. The predicted octanol–water partition coefficient (Wildman–Crippen LogP) is 2.43. The standard InChI is InChI=1S/C21H26N8O/c1-3-23-21(30)26-18-13-15(2)17-14-24-20(27-19(17)25-18)29(16-7-5-4-6-8-16)28-11-9-22-10-12-28/h4-8,13-14,22H,3,9-12H2,1-2H3,(H2,23,24,25,26,27,30). The van der Waals surface area contributed by atoms with Gasteiger partial charge in [0.1, 0.15) is 5.82 Å². The molecule has 0 aliphatic carbocycles. The van der Waals surface area contributed by atoms with Gasteiger partial charge in [0, 0.05) is 44.3 Å². The summed E-state index contributed by atoms with van der Waals surface area (Å²) in [5.41, 5.74) is 2.49. The number of rotatable bonds is 5. The average Bonchev–Trinajstić information content (AvgIpc) is 2.75. The Morgan fingerprint density at radius 1 is 1.20 bits per heavy atom. The maximum Gasteiger partial charge on any atom is 0.320 e. The second-order valence-corrected chi connectivity index (χ2v) is 7.07. The quantitative estimate of drug-likeness (QED) is 0.599. The van der Waals surface area contributed by atoms with Crippen molar-refractivity contribution >= 4 is 34.5 Å². The third-order valence-corrected chi connectivity index (χ3v) is 4.91. The molecular formula is C21H26N8O. The van der Waals surface area contributed by atoms with Crippen LogP contribution in [-0.4, -0.2) is 58.7 Å². The number of hydrogen-bond acceptors (Lipinski definition) is 7. The molecule has 0 unspecified atom stereocenters. The zero-order valence-corrected chi connectivity index (χ0v) is 17.2. The molecule has 1 aliphatic rings. The highest BCUT2D eigenvalue weighted by Gasteiger charge is 2.23. The Balaban J connectivity index is 1.74. The molecule has 156 valence electrons. The van der Waals surface area contributed by atoms with Crippen molar-refractivity contribution in [1.82, 2.24) is 30.6 Å². The number of amides is 2. The number of aryl methyl sites for hydroxylation is 1. The van der Waals surface area contributed by atoms with Gasteiger partial charge in [0.15, 0.2) is 5.65 Å². The van der Waals surface area contributed by atoms with Gasteiger partial charge in [0.2, 0.25) is 5.95 Å². The van der Waals surface area contributed by atoms with E-state index in [1.165, 1.54) is 0 Å². The first-order valence-electron chi connectivity index (χ1n) is 10.2. The molecule has 0 radical (unpaired) electrons. The normalized spacial score (nSPS) is 14.5. The number of pyridine rings is 1. The van der Waals surface area contributed by atoms with Gasteiger partial charge in [-0.2, -0.15) is 4.98 Å². The van der Waals surface area contributed by atoms with Crippen LogP contribution in [0.25, 0.3) is 11.0 Å². The molecule has 2 amide bonds. The van der Waals surface area contributed by atoms with Crippen LogP contribution in [0.2, 0.25) is 0 Å². The predicted molar refractivity (Wildman–Crippen MR) is 118 cm³/mol. The van der Waals surface area contributed by atoms with Crippen molar-refractivity contribution in [2.45, 2.75) is 13.8 Å². The third-order valence-electron chi connectivity index (χ3n) is 4.91. The molecule has 9 heteroatoms. The lowest BCUT2D eigenvalue weighted by molar-refractivity contribution is 0.240. The Hall–Kier alpha value is -3.30. The summed E-state index contributed by atoms with van der Waals surface area (Å²) in [7, 11) is 0. The zero-order valence-electron chi connectivity index (χ0n) is 17.2. The number of fused-ring (bicyclic) bond motifs is 1. The van der Waals surface area contributed by atoms with E-state index in [1.807, 2.05) is 55.3 Å². The Labute approximate surface area is 175 Å². The highest BCUT2D eigenvalue weighted by atomic mass is 16.2. The molecule has 9 nitrogen and oxygen atoms in total. The minimum atomic E-state index is -0.287. The van der Waals surface area contributed by atoms with Gasteiger partial charge >= 0.3 is 6.03 Å². The summed E-state index contributed by atoms with van der Waals surface area (Å²) in [6, 6.07) is 11.6.